The minimum Gasteiger partial charge on any atom is -0.493 e. The van der Waals surface area contributed by atoms with E-state index in [2.05, 4.69) is 5.32 Å². The van der Waals surface area contributed by atoms with Gasteiger partial charge in [-0.2, -0.15) is 5.26 Å². The van der Waals surface area contributed by atoms with Gasteiger partial charge in [-0.15, -0.1) is 0 Å². The van der Waals surface area contributed by atoms with Crippen molar-refractivity contribution in [3.8, 4) is 11.8 Å². The highest BCUT2D eigenvalue weighted by Crippen LogP contribution is 2.30. The van der Waals surface area contributed by atoms with E-state index in [-0.39, 0.29) is 5.57 Å². The number of nitrogens with zero attached hydrogens (tertiary/aromatic N) is 1. The molecule has 0 heterocycles. The fourth-order valence-electron chi connectivity index (χ4n) is 2.98. The van der Waals surface area contributed by atoms with E-state index in [4.69, 9.17) is 4.74 Å². The van der Waals surface area contributed by atoms with Gasteiger partial charge in [-0.3, -0.25) is 4.79 Å². The highest BCUT2D eigenvalue weighted by atomic mass is 16.5. The molecule has 0 bridgehead atoms. The molecular weight excluding hydrogens is 348 g/mol. The first-order valence-corrected chi connectivity index (χ1v) is 9.26. The van der Waals surface area contributed by atoms with Crippen LogP contribution < -0.4 is 10.1 Å². The Kier molecular flexibility index (Phi) is 6.08. The Balaban J connectivity index is 2.02. The lowest BCUT2D eigenvalue weighted by atomic mass is 10.0. The zero-order valence-corrected chi connectivity index (χ0v) is 16.0. The number of fused-ring (bicyclic) bond motifs is 1. The molecule has 0 aliphatic rings. The van der Waals surface area contributed by atoms with Crippen LogP contribution in [0.1, 0.15) is 24.5 Å². The summed E-state index contributed by atoms with van der Waals surface area (Å²) in [7, 11) is 0. The number of nitriles is 1. The van der Waals surface area contributed by atoms with Gasteiger partial charge in [-0.1, -0.05) is 49.4 Å². The van der Waals surface area contributed by atoms with Crippen LogP contribution in [0, 0.1) is 18.3 Å². The van der Waals surface area contributed by atoms with Crippen molar-refractivity contribution in [2.75, 3.05) is 11.9 Å². The predicted molar refractivity (Wildman–Crippen MR) is 113 cm³/mol. The summed E-state index contributed by atoms with van der Waals surface area (Å²) in [6, 6.07) is 21.2. The second-order valence-electron chi connectivity index (χ2n) is 6.54. The largest absolute Gasteiger partial charge is 0.493 e. The summed E-state index contributed by atoms with van der Waals surface area (Å²) in [5, 5.41) is 14.4. The number of amides is 1. The Labute approximate surface area is 165 Å². The monoisotopic (exact) mass is 370 g/mol. The lowest BCUT2D eigenvalue weighted by Crippen LogP contribution is -2.13. The van der Waals surface area contributed by atoms with Crippen molar-refractivity contribution in [2.24, 2.45) is 0 Å². The minimum atomic E-state index is -0.442. The number of benzene rings is 3. The van der Waals surface area contributed by atoms with Gasteiger partial charge >= 0.3 is 0 Å². The number of carbonyl (C=O) groups is 1. The number of ether oxygens (including phenoxy) is 1. The Morgan fingerprint density at radius 2 is 1.96 bits per heavy atom. The van der Waals surface area contributed by atoms with Crippen LogP contribution in [0.25, 0.3) is 16.8 Å². The zero-order chi connectivity index (χ0) is 19.9. The van der Waals surface area contributed by atoms with Crippen molar-refractivity contribution in [1.82, 2.24) is 0 Å². The molecule has 0 saturated carbocycles. The Hall–Kier alpha value is -3.58. The van der Waals surface area contributed by atoms with Gasteiger partial charge in [0.2, 0.25) is 0 Å². The number of rotatable bonds is 6. The van der Waals surface area contributed by atoms with Crippen LogP contribution in [-0.4, -0.2) is 12.5 Å². The SMILES string of the molecule is CCCOc1ccc2ccccc2c1/C=C(\C#N)C(=O)Nc1cccc(C)c1. The van der Waals surface area contributed by atoms with Crippen molar-refractivity contribution in [2.45, 2.75) is 20.3 Å². The highest BCUT2D eigenvalue weighted by Gasteiger charge is 2.13. The van der Waals surface area contributed by atoms with Gasteiger partial charge in [-0.25, -0.2) is 0 Å². The maximum atomic E-state index is 12.7. The molecule has 0 atom stereocenters. The lowest BCUT2D eigenvalue weighted by molar-refractivity contribution is -0.112. The molecular formula is C24H22N2O2. The van der Waals surface area contributed by atoms with Gasteiger partial charge in [0.25, 0.3) is 5.91 Å². The number of hydrogen-bond donors (Lipinski definition) is 1. The lowest BCUT2D eigenvalue weighted by Gasteiger charge is -2.12. The molecule has 0 unspecified atom stereocenters. The molecule has 1 amide bonds. The maximum Gasteiger partial charge on any atom is 0.266 e. The third kappa shape index (κ3) is 4.39. The van der Waals surface area contributed by atoms with Crippen LogP contribution in [0.15, 0.2) is 66.2 Å². The van der Waals surface area contributed by atoms with E-state index in [9.17, 15) is 10.1 Å². The maximum absolute atomic E-state index is 12.7. The summed E-state index contributed by atoms with van der Waals surface area (Å²) in [6.07, 6.45) is 2.48. The van der Waals surface area contributed by atoms with E-state index in [1.807, 2.05) is 74.5 Å². The minimum absolute atomic E-state index is 0.0270. The first-order chi connectivity index (χ1) is 13.6. The first kappa shape index (κ1) is 19.2. The fourth-order valence-corrected chi connectivity index (χ4v) is 2.98. The summed E-state index contributed by atoms with van der Waals surface area (Å²) < 4.78 is 5.87. The van der Waals surface area contributed by atoms with Gasteiger partial charge in [0.15, 0.2) is 0 Å². The third-order valence-electron chi connectivity index (χ3n) is 4.32. The highest BCUT2D eigenvalue weighted by molar-refractivity contribution is 6.11. The summed E-state index contributed by atoms with van der Waals surface area (Å²) in [5.74, 6) is 0.221. The van der Waals surface area contributed by atoms with Crippen LogP contribution in [0.4, 0.5) is 5.69 Å². The molecule has 4 heteroatoms. The molecule has 28 heavy (non-hydrogen) atoms. The molecule has 3 rings (SSSR count). The first-order valence-electron chi connectivity index (χ1n) is 9.26. The van der Waals surface area contributed by atoms with E-state index in [1.54, 1.807) is 12.1 Å². The molecule has 4 nitrogen and oxygen atoms in total. The van der Waals surface area contributed by atoms with E-state index < -0.39 is 5.91 Å². The average molecular weight is 370 g/mol. The molecule has 1 N–H and O–H groups in total. The summed E-state index contributed by atoms with van der Waals surface area (Å²) in [5.41, 5.74) is 2.46. The molecule has 0 aromatic heterocycles. The fraction of sp³-hybridized carbons (Fsp3) is 0.167. The smallest absolute Gasteiger partial charge is 0.266 e. The molecule has 0 aliphatic carbocycles. The molecule has 3 aromatic carbocycles. The van der Waals surface area contributed by atoms with Gasteiger partial charge in [0, 0.05) is 11.3 Å². The van der Waals surface area contributed by atoms with Gasteiger partial charge in [-0.05, 0) is 54.0 Å². The van der Waals surface area contributed by atoms with Crippen LogP contribution >= 0.6 is 0 Å². The third-order valence-corrected chi connectivity index (χ3v) is 4.32. The molecule has 3 aromatic rings. The molecule has 0 radical (unpaired) electrons. The van der Waals surface area contributed by atoms with E-state index in [0.717, 1.165) is 28.3 Å². The van der Waals surface area contributed by atoms with Crippen LogP contribution in [0.2, 0.25) is 0 Å². The van der Waals surface area contributed by atoms with Gasteiger partial charge in [0.05, 0.1) is 6.61 Å². The molecule has 0 saturated heterocycles. The average Bonchev–Trinajstić information content (AvgIpc) is 2.70. The van der Waals surface area contributed by atoms with Crippen molar-refractivity contribution < 1.29 is 9.53 Å². The van der Waals surface area contributed by atoms with E-state index >= 15 is 0 Å². The molecule has 140 valence electrons. The topological polar surface area (TPSA) is 62.1 Å². The number of anilines is 1. The Bertz CT molecular complexity index is 1080. The van der Waals surface area contributed by atoms with E-state index in [1.165, 1.54) is 0 Å². The normalized spacial score (nSPS) is 11.1. The van der Waals surface area contributed by atoms with Crippen molar-refractivity contribution >= 4 is 28.4 Å². The van der Waals surface area contributed by atoms with Crippen LogP contribution in [0.3, 0.4) is 0 Å². The predicted octanol–water partition coefficient (Wildman–Crippen LogP) is 5.48. The number of nitrogens with one attached hydrogen (secondary N) is 1. The quantitative estimate of drug-likeness (QED) is 0.461. The number of aryl methyl sites for hydroxylation is 1. The van der Waals surface area contributed by atoms with Gasteiger partial charge < -0.3 is 10.1 Å². The number of hydrogen-bond acceptors (Lipinski definition) is 3. The van der Waals surface area contributed by atoms with Crippen LogP contribution in [-0.2, 0) is 4.79 Å². The summed E-state index contributed by atoms with van der Waals surface area (Å²) in [6.45, 7) is 4.55. The number of carbonyl (C=O) groups excluding carboxylic acids is 1. The van der Waals surface area contributed by atoms with Crippen LogP contribution in [0.5, 0.6) is 5.75 Å². The Morgan fingerprint density at radius 1 is 1.14 bits per heavy atom. The summed E-state index contributed by atoms with van der Waals surface area (Å²) >= 11 is 0. The van der Waals surface area contributed by atoms with Crippen molar-refractivity contribution in [3.63, 3.8) is 0 Å². The second-order valence-corrected chi connectivity index (χ2v) is 6.54. The van der Waals surface area contributed by atoms with Crippen molar-refractivity contribution in [3.05, 3.63) is 77.4 Å². The van der Waals surface area contributed by atoms with Crippen molar-refractivity contribution in [1.29, 1.82) is 5.26 Å². The standard InChI is InChI=1S/C24H22N2O2/c1-3-13-28-23-12-11-18-8-4-5-10-21(18)22(23)15-19(16-25)24(27)26-20-9-6-7-17(2)14-20/h4-12,14-15H,3,13H2,1-2H3,(H,26,27)/b19-15+. The zero-order valence-electron chi connectivity index (χ0n) is 16.0. The Morgan fingerprint density at radius 3 is 2.71 bits per heavy atom. The molecule has 0 aliphatic heterocycles. The summed E-state index contributed by atoms with van der Waals surface area (Å²) in [4.78, 5) is 12.7. The van der Waals surface area contributed by atoms with Gasteiger partial charge in [0.1, 0.15) is 17.4 Å². The molecule has 0 fully saturated rings. The second kappa shape index (κ2) is 8.88. The molecule has 0 spiro atoms. The van der Waals surface area contributed by atoms with E-state index in [0.29, 0.717) is 18.0 Å².